The number of aromatic nitrogens is 1. The first-order valence-electron chi connectivity index (χ1n) is 8.48. The molecule has 1 aromatic heterocycles. The van der Waals surface area contributed by atoms with E-state index in [0.29, 0.717) is 22.6 Å². The quantitative estimate of drug-likeness (QED) is 0.685. The topological polar surface area (TPSA) is 81.8 Å². The zero-order valence-corrected chi connectivity index (χ0v) is 15.4. The summed E-state index contributed by atoms with van der Waals surface area (Å²) in [5, 5.41) is 10.0. The number of hydrogen-bond acceptors (Lipinski definition) is 5. The Labute approximate surface area is 157 Å². The normalized spacial score (nSPS) is 12.6. The van der Waals surface area contributed by atoms with Crippen LogP contribution in [-0.4, -0.2) is 29.3 Å². The van der Waals surface area contributed by atoms with Crippen LogP contribution in [-0.2, 0) is 15.1 Å². The first-order valence-corrected chi connectivity index (χ1v) is 8.48. The molecule has 0 saturated heterocycles. The second-order valence-electron chi connectivity index (χ2n) is 6.13. The van der Waals surface area contributed by atoms with Crippen molar-refractivity contribution < 1.29 is 23.8 Å². The molecule has 0 spiro atoms. The maximum absolute atomic E-state index is 12.3. The van der Waals surface area contributed by atoms with Crippen molar-refractivity contribution in [2.45, 2.75) is 25.6 Å². The number of nitrogens with zero attached hydrogens (tertiary/aromatic N) is 1. The Balaban J connectivity index is 2.18. The molecule has 140 valence electrons. The highest BCUT2D eigenvalue weighted by Crippen LogP contribution is 2.38. The fourth-order valence-electron chi connectivity index (χ4n) is 3.09. The maximum atomic E-state index is 12.3. The number of hydrogen-bond donors (Lipinski definition) is 1. The average Bonchev–Trinajstić information content (AvgIpc) is 3.01. The zero-order valence-electron chi connectivity index (χ0n) is 15.4. The minimum atomic E-state index is -1.43. The first kappa shape index (κ1) is 18.7. The highest BCUT2D eigenvalue weighted by molar-refractivity contribution is 5.76. The molecular formula is C21H21NO5. The van der Waals surface area contributed by atoms with Gasteiger partial charge in [-0.25, -0.2) is 4.79 Å². The molecule has 6 heteroatoms. The summed E-state index contributed by atoms with van der Waals surface area (Å²) in [4.78, 5) is 16.4. The molecule has 0 radical (unpaired) electrons. The van der Waals surface area contributed by atoms with Gasteiger partial charge in [0.25, 0.3) is 0 Å². The third kappa shape index (κ3) is 3.44. The Bertz CT molecular complexity index is 846. The number of oxazole rings is 1. The second kappa shape index (κ2) is 7.63. The van der Waals surface area contributed by atoms with Crippen LogP contribution in [0.5, 0.6) is 6.08 Å². The molecular weight excluding hydrogens is 346 g/mol. The van der Waals surface area contributed by atoms with Crippen LogP contribution in [0, 0.1) is 13.8 Å². The van der Waals surface area contributed by atoms with Gasteiger partial charge >= 0.3 is 12.0 Å². The van der Waals surface area contributed by atoms with Crippen molar-refractivity contribution >= 4 is 5.97 Å². The van der Waals surface area contributed by atoms with Crippen LogP contribution >= 0.6 is 0 Å². The predicted molar refractivity (Wildman–Crippen MR) is 98.7 cm³/mol. The standard InChI is InChI=1S/C21H21NO5/c1-14-15(2)26-20(22-14)27-18(19(23)24)21(25-3,16-10-6-4-7-11-16)17-12-8-5-9-13-17/h4-13,18H,1-3H3,(H,23,24). The number of benzene rings is 2. The molecule has 0 aliphatic rings. The Kier molecular flexibility index (Phi) is 5.28. The molecule has 1 heterocycles. The van der Waals surface area contributed by atoms with Gasteiger partial charge < -0.3 is 19.0 Å². The number of aryl methyl sites for hydroxylation is 2. The smallest absolute Gasteiger partial charge is 0.394 e. The summed E-state index contributed by atoms with van der Waals surface area (Å²) in [5.41, 5.74) is 0.527. The largest absolute Gasteiger partial charge is 0.478 e. The fourth-order valence-corrected chi connectivity index (χ4v) is 3.09. The van der Waals surface area contributed by atoms with E-state index in [0.717, 1.165) is 0 Å². The molecule has 6 nitrogen and oxygen atoms in total. The molecule has 3 rings (SSSR count). The zero-order chi connectivity index (χ0) is 19.4. The number of aliphatic carboxylic acids is 1. The average molecular weight is 367 g/mol. The van der Waals surface area contributed by atoms with E-state index in [4.69, 9.17) is 13.9 Å². The van der Waals surface area contributed by atoms with Gasteiger partial charge in [-0.3, -0.25) is 0 Å². The molecule has 1 N–H and O–H groups in total. The predicted octanol–water partition coefficient (Wildman–Crippen LogP) is 3.71. The molecule has 0 saturated carbocycles. The van der Waals surface area contributed by atoms with Crippen LogP contribution < -0.4 is 4.74 Å². The van der Waals surface area contributed by atoms with Gasteiger partial charge in [-0.15, -0.1) is 0 Å². The van der Waals surface area contributed by atoms with Gasteiger partial charge in [0, 0.05) is 7.11 Å². The Morgan fingerprint density at radius 3 is 1.93 bits per heavy atom. The summed E-state index contributed by atoms with van der Waals surface area (Å²) < 4.78 is 17.1. The van der Waals surface area contributed by atoms with Crippen LogP contribution in [0.25, 0.3) is 0 Å². The Morgan fingerprint density at radius 2 is 1.56 bits per heavy atom. The molecule has 0 aliphatic carbocycles. The lowest BCUT2D eigenvalue weighted by atomic mass is 9.81. The summed E-state index contributed by atoms with van der Waals surface area (Å²) >= 11 is 0. The van der Waals surface area contributed by atoms with E-state index >= 15 is 0 Å². The molecule has 2 aromatic carbocycles. The van der Waals surface area contributed by atoms with Crippen LogP contribution in [0.15, 0.2) is 65.1 Å². The SMILES string of the molecule is COC(c1ccccc1)(c1ccccc1)C(Oc1nc(C)c(C)o1)C(=O)O. The Hall–Kier alpha value is -3.12. The minimum Gasteiger partial charge on any atom is -0.478 e. The van der Waals surface area contributed by atoms with Gasteiger partial charge in [-0.2, -0.15) is 4.98 Å². The number of methoxy groups -OCH3 is 1. The van der Waals surface area contributed by atoms with Crippen LogP contribution in [0.3, 0.4) is 0 Å². The van der Waals surface area contributed by atoms with E-state index in [-0.39, 0.29) is 6.08 Å². The van der Waals surface area contributed by atoms with Crippen molar-refractivity contribution in [1.29, 1.82) is 0 Å². The second-order valence-corrected chi connectivity index (χ2v) is 6.13. The lowest BCUT2D eigenvalue weighted by molar-refractivity contribution is -0.162. The van der Waals surface area contributed by atoms with Gasteiger partial charge in [-0.1, -0.05) is 60.7 Å². The van der Waals surface area contributed by atoms with E-state index in [1.165, 1.54) is 7.11 Å². The molecule has 0 aliphatic heterocycles. The van der Waals surface area contributed by atoms with E-state index in [1.807, 2.05) is 60.7 Å². The summed E-state index contributed by atoms with van der Waals surface area (Å²) in [6, 6.07) is 18.2. The molecule has 27 heavy (non-hydrogen) atoms. The van der Waals surface area contributed by atoms with E-state index in [9.17, 15) is 9.90 Å². The maximum Gasteiger partial charge on any atom is 0.394 e. The highest BCUT2D eigenvalue weighted by Gasteiger charge is 2.49. The molecule has 1 unspecified atom stereocenters. The van der Waals surface area contributed by atoms with E-state index in [1.54, 1.807) is 13.8 Å². The Morgan fingerprint density at radius 1 is 1.04 bits per heavy atom. The minimum absolute atomic E-state index is 0.106. The van der Waals surface area contributed by atoms with E-state index < -0.39 is 17.7 Å². The highest BCUT2D eigenvalue weighted by atomic mass is 16.6. The lowest BCUT2D eigenvalue weighted by Crippen LogP contribution is -2.50. The van der Waals surface area contributed by atoms with Crippen LogP contribution in [0.1, 0.15) is 22.6 Å². The van der Waals surface area contributed by atoms with Crippen LogP contribution in [0.2, 0.25) is 0 Å². The molecule has 3 aromatic rings. The summed E-state index contributed by atoms with van der Waals surface area (Å²) in [7, 11) is 1.46. The molecule has 1 atom stereocenters. The van der Waals surface area contributed by atoms with Gasteiger partial charge in [0.15, 0.2) is 5.60 Å². The molecule has 0 amide bonds. The van der Waals surface area contributed by atoms with Gasteiger partial charge in [0.2, 0.25) is 6.10 Å². The van der Waals surface area contributed by atoms with Crippen molar-refractivity contribution in [2.24, 2.45) is 0 Å². The third-order valence-electron chi connectivity index (χ3n) is 4.55. The fraction of sp³-hybridized carbons (Fsp3) is 0.238. The number of carboxylic acids is 1. The number of carbonyl (C=O) groups is 1. The van der Waals surface area contributed by atoms with Crippen molar-refractivity contribution in [3.05, 3.63) is 83.2 Å². The van der Waals surface area contributed by atoms with Gasteiger partial charge in [0.1, 0.15) is 5.76 Å². The lowest BCUT2D eigenvalue weighted by Gasteiger charge is -2.37. The van der Waals surface area contributed by atoms with Crippen molar-refractivity contribution in [2.75, 3.05) is 7.11 Å². The first-order chi connectivity index (χ1) is 13.0. The van der Waals surface area contributed by atoms with Crippen molar-refractivity contribution in [3.63, 3.8) is 0 Å². The molecule has 0 bridgehead atoms. The monoisotopic (exact) mass is 367 g/mol. The molecule has 0 fully saturated rings. The summed E-state index contributed by atoms with van der Waals surface area (Å²) in [6.07, 6.45) is -1.53. The number of carboxylic acid groups (broad SMARTS) is 1. The van der Waals surface area contributed by atoms with Gasteiger partial charge in [-0.05, 0) is 25.0 Å². The third-order valence-corrected chi connectivity index (χ3v) is 4.55. The van der Waals surface area contributed by atoms with Crippen molar-refractivity contribution in [1.82, 2.24) is 4.98 Å². The van der Waals surface area contributed by atoms with E-state index in [2.05, 4.69) is 4.98 Å². The van der Waals surface area contributed by atoms with Gasteiger partial charge in [0.05, 0.1) is 5.69 Å². The summed E-state index contributed by atoms with van der Waals surface area (Å²) in [5.74, 6) is -0.630. The summed E-state index contributed by atoms with van der Waals surface area (Å²) in [6.45, 7) is 3.50. The number of rotatable bonds is 7. The number of ether oxygens (including phenoxy) is 2. The van der Waals surface area contributed by atoms with Crippen LogP contribution in [0.4, 0.5) is 0 Å². The van der Waals surface area contributed by atoms with Crippen molar-refractivity contribution in [3.8, 4) is 6.08 Å².